The van der Waals surface area contributed by atoms with Crippen LogP contribution in [0.5, 0.6) is 11.5 Å². The molecule has 0 amide bonds. The molecule has 0 radical (unpaired) electrons. The van der Waals surface area contributed by atoms with Crippen LogP contribution in [0.1, 0.15) is 45.4 Å². The Morgan fingerprint density at radius 3 is 2.31 bits per heavy atom. The summed E-state index contributed by atoms with van der Waals surface area (Å²) in [6.45, 7) is 1.73. The molecule has 2 aromatic carbocycles. The Morgan fingerprint density at radius 2 is 1.62 bits per heavy atom. The zero-order chi connectivity index (χ0) is 20.5. The van der Waals surface area contributed by atoms with Crippen molar-refractivity contribution in [2.75, 3.05) is 19.9 Å². The number of benzene rings is 2. The molecule has 0 aromatic heterocycles. The fourth-order valence-corrected chi connectivity index (χ4v) is 4.10. The Morgan fingerprint density at radius 1 is 0.931 bits per heavy atom. The predicted octanol–water partition coefficient (Wildman–Crippen LogP) is 7.03. The monoisotopic (exact) mass is 402 g/mol. The van der Waals surface area contributed by atoms with E-state index in [2.05, 4.69) is 6.92 Å². The summed E-state index contributed by atoms with van der Waals surface area (Å²) in [5.41, 5.74) is 1.82. The molecule has 1 saturated carbocycles. The molecule has 1 unspecified atom stereocenters. The van der Waals surface area contributed by atoms with Gasteiger partial charge in [-0.05, 0) is 48.4 Å². The molecule has 1 atom stereocenters. The lowest BCUT2D eigenvalue weighted by atomic mass is 9.80. The van der Waals surface area contributed by atoms with Gasteiger partial charge in [0.2, 0.25) is 0 Å². The molecule has 29 heavy (non-hydrogen) atoms. The largest absolute Gasteiger partial charge is 0.493 e. The SMILES string of the molecule is CCCC1CCC(COc2ccc(-c3ccccc3OCC(F)CF)cc2)CC1. The first-order valence-corrected chi connectivity index (χ1v) is 10.8. The quantitative estimate of drug-likeness (QED) is 0.425. The van der Waals surface area contributed by atoms with Gasteiger partial charge in [-0.1, -0.05) is 62.9 Å². The van der Waals surface area contributed by atoms with Crippen LogP contribution in [0.2, 0.25) is 0 Å². The second-order valence-corrected chi connectivity index (χ2v) is 8.07. The van der Waals surface area contributed by atoms with E-state index >= 15 is 0 Å². The highest BCUT2D eigenvalue weighted by Crippen LogP contribution is 2.33. The molecular formula is C25H32F2O2. The fourth-order valence-electron chi connectivity index (χ4n) is 4.10. The lowest BCUT2D eigenvalue weighted by Gasteiger charge is -2.28. The van der Waals surface area contributed by atoms with Crippen LogP contribution in [-0.2, 0) is 0 Å². The van der Waals surface area contributed by atoms with Crippen molar-refractivity contribution in [3.63, 3.8) is 0 Å². The molecule has 3 rings (SSSR count). The van der Waals surface area contributed by atoms with Crippen LogP contribution in [0, 0.1) is 11.8 Å². The summed E-state index contributed by atoms with van der Waals surface area (Å²) in [7, 11) is 0. The van der Waals surface area contributed by atoms with Gasteiger partial charge in [-0.15, -0.1) is 0 Å². The van der Waals surface area contributed by atoms with E-state index in [4.69, 9.17) is 9.47 Å². The van der Waals surface area contributed by atoms with Crippen molar-refractivity contribution in [3.05, 3.63) is 48.5 Å². The minimum absolute atomic E-state index is 0.283. The lowest BCUT2D eigenvalue weighted by molar-refractivity contribution is 0.166. The summed E-state index contributed by atoms with van der Waals surface area (Å²) >= 11 is 0. The zero-order valence-corrected chi connectivity index (χ0v) is 17.3. The molecule has 0 heterocycles. The minimum atomic E-state index is -1.60. The van der Waals surface area contributed by atoms with E-state index in [1.54, 1.807) is 6.07 Å². The van der Waals surface area contributed by atoms with Crippen molar-refractivity contribution in [3.8, 4) is 22.6 Å². The van der Waals surface area contributed by atoms with Crippen molar-refractivity contribution in [2.24, 2.45) is 11.8 Å². The first-order valence-electron chi connectivity index (χ1n) is 10.8. The van der Waals surface area contributed by atoms with Gasteiger partial charge in [0.1, 0.15) is 24.8 Å². The van der Waals surface area contributed by atoms with Gasteiger partial charge >= 0.3 is 0 Å². The van der Waals surface area contributed by atoms with Crippen molar-refractivity contribution in [1.29, 1.82) is 0 Å². The molecule has 0 bridgehead atoms. The molecule has 1 fully saturated rings. The highest BCUT2D eigenvalue weighted by Gasteiger charge is 2.21. The Bertz CT molecular complexity index is 724. The number of hydrogen-bond acceptors (Lipinski definition) is 2. The van der Waals surface area contributed by atoms with Crippen LogP contribution < -0.4 is 9.47 Å². The summed E-state index contributed by atoms with van der Waals surface area (Å²) in [5.74, 6) is 2.99. The minimum Gasteiger partial charge on any atom is -0.493 e. The normalized spacial score (nSPS) is 20.2. The number of halogens is 2. The van der Waals surface area contributed by atoms with E-state index in [-0.39, 0.29) is 6.61 Å². The van der Waals surface area contributed by atoms with Gasteiger partial charge in [0.05, 0.1) is 6.61 Å². The van der Waals surface area contributed by atoms with E-state index in [0.717, 1.165) is 29.4 Å². The van der Waals surface area contributed by atoms with Gasteiger partial charge in [-0.2, -0.15) is 0 Å². The summed E-state index contributed by atoms with van der Waals surface area (Å²) in [5, 5.41) is 0. The number of rotatable bonds is 10. The van der Waals surface area contributed by atoms with Crippen LogP contribution in [0.15, 0.2) is 48.5 Å². The van der Waals surface area contributed by atoms with Crippen LogP contribution in [0.25, 0.3) is 11.1 Å². The smallest absolute Gasteiger partial charge is 0.162 e. The van der Waals surface area contributed by atoms with Gasteiger partial charge in [-0.25, -0.2) is 8.78 Å². The molecule has 0 saturated heterocycles. The van der Waals surface area contributed by atoms with Gasteiger partial charge in [0, 0.05) is 5.56 Å². The van der Waals surface area contributed by atoms with Crippen molar-refractivity contribution in [2.45, 2.75) is 51.6 Å². The van der Waals surface area contributed by atoms with Gasteiger partial charge in [0.15, 0.2) is 6.17 Å². The van der Waals surface area contributed by atoms with E-state index in [1.165, 1.54) is 38.5 Å². The average molecular weight is 403 g/mol. The second-order valence-electron chi connectivity index (χ2n) is 8.07. The molecule has 2 nitrogen and oxygen atoms in total. The molecular weight excluding hydrogens is 370 g/mol. The molecule has 0 spiro atoms. The Balaban J connectivity index is 1.54. The summed E-state index contributed by atoms with van der Waals surface area (Å²) in [4.78, 5) is 0. The molecule has 158 valence electrons. The fraction of sp³-hybridized carbons (Fsp3) is 0.520. The highest BCUT2D eigenvalue weighted by molar-refractivity contribution is 5.70. The molecule has 4 heteroatoms. The first-order chi connectivity index (χ1) is 14.2. The van der Waals surface area contributed by atoms with E-state index in [1.807, 2.05) is 42.5 Å². The average Bonchev–Trinajstić information content (AvgIpc) is 2.78. The maximum atomic E-state index is 13.2. The molecule has 1 aliphatic rings. The van der Waals surface area contributed by atoms with Crippen molar-refractivity contribution in [1.82, 2.24) is 0 Å². The third-order valence-electron chi connectivity index (χ3n) is 5.79. The second kappa shape index (κ2) is 11.2. The number of para-hydroxylation sites is 1. The molecule has 0 N–H and O–H groups in total. The molecule has 1 aliphatic carbocycles. The third kappa shape index (κ3) is 6.45. The van der Waals surface area contributed by atoms with Gasteiger partial charge < -0.3 is 9.47 Å². The molecule has 2 aromatic rings. The summed E-state index contributed by atoms with van der Waals surface area (Å²) in [6.07, 6.45) is 6.25. The summed E-state index contributed by atoms with van der Waals surface area (Å²) in [6, 6.07) is 15.3. The van der Waals surface area contributed by atoms with Crippen molar-refractivity contribution < 1.29 is 18.3 Å². The number of ether oxygens (including phenoxy) is 2. The third-order valence-corrected chi connectivity index (χ3v) is 5.79. The molecule has 0 aliphatic heterocycles. The Kier molecular flexibility index (Phi) is 8.33. The van der Waals surface area contributed by atoms with E-state index in [9.17, 15) is 8.78 Å². The number of alkyl halides is 2. The maximum absolute atomic E-state index is 13.2. The number of hydrogen-bond donors (Lipinski definition) is 0. The standard InChI is InChI=1S/C25H32F2O2/c1-2-5-19-8-10-20(11-9-19)17-28-23-14-12-21(13-15-23)24-6-3-4-7-25(24)29-18-22(27)16-26/h3-4,6-7,12-15,19-20,22H,2,5,8-11,16-18H2,1H3. The van der Waals surface area contributed by atoms with Crippen LogP contribution in [0.4, 0.5) is 8.78 Å². The van der Waals surface area contributed by atoms with E-state index < -0.39 is 12.8 Å². The predicted molar refractivity (Wildman–Crippen MR) is 114 cm³/mol. The topological polar surface area (TPSA) is 18.5 Å². The lowest BCUT2D eigenvalue weighted by Crippen LogP contribution is -2.20. The van der Waals surface area contributed by atoms with E-state index in [0.29, 0.717) is 11.7 Å². The highest BCUT2D eigenvalue weighted by atomic mass is 19.2. The maximum Gasteiger partial charge on any atom is 0.162 e. The summed E-state index contributed by atoms with van der Waals surface area (Å²) < 4.78 is 37.0. The Labute approximate surface area is 173 Å². The first kappa shape index (κ1) is 21.6. The van der Waals surface area contributed by atoms with Gasteiger partial charge in [-0.3, -0.25) is 0 Å². The van der Waals surface area contributed by atoms with Crippen LogP contribution in [0.3, 0.4) is 0 Å². The van der Waals surface area contributed by atoms with Crippen molar-refractivity contribution >= 4 is 0 Å². The van der Waals surface area contributed by atoms with Crippen LogP contribution >= 0.6 is 0 Å². The Hall–Kier alpha value is -2.10. The van der Waals surface area contributed by atoms with Crippen LogP contribution in [-0.4, -0.2) is 26.1 Å². The zero-order valence-electron chi connectivity index (χ0n) is 17.3. The van der Waals surface area contributed by atoms with Gasteiger partial charge in [0.25, 0.3) is 0 Å².